The van der Waals surface area contributed by atoms with Gasteiger partial charge in [0.1, 0.15) is 17.3 Å². The highest BCUT2D eigenvalue weighted by Crippen LogP contribution is 2.23. The summed E-state index contributed by atoms with van der Waals surface area (Å²) < 4.78 is 15.9. The number of carbonyl (C=O) groups excluding carboxylic acids is 1. The van der Waals surface area contributed by atoms with Crippen LogP contribution in [0, 0.1) is 5.82 Å². The van der Waals surface area contributed by atoms with E-state index in [2.05, 4.69) is 15.5 Å². The monoisotopic (exact) mass is 334 g/mol. The highest BCUT2D eigenvalue weighted by molar-refractivity contribution is 6.06. The number of carbonyl (C=O) groups is 1. The topological polar surface area (TPSA) is 62.7 Å². The van der Waals surface area contributed by atoms with Gasteiger partial charge in [-0.3, -0.25) is 9.89 Å². The molecule has 0 saturated carbocycles. The van der Waals surface area contributed by atoms with Gasteiger partial charge in [-0.1, -0.05) is 36.4 Å². The van der Waals surface area contributed by atoms with Crippen molar-refractivity contribution in [2.75, 3.05) is 5.32 Å². The first kappa shape index (κ1) is 15.1. The van der Waals surface area contributed by atoms with E-state index in [1.807, 2.05) is 34.9 Å². The first-order chi connectivity index (χ1) is 12.2. The molecular formula is C19H15FN4O. The van der Waals surface area contributed by atoms with Crippen molar-refractivity contribution in [3.05, 3.63) is 83.9 Å². The number of rotatable bonds is 4. The van der Waals surface area contributed by atoms with Crippen LogP contribution in [-0.2, 0) is 6.54 Å². The number of amides is 1. The summed E-state index contributed by atoms with van der Waals surface area (Å²) >= 11 is 0. The zero-order chi connectivity index (χ0) is 17.2. The van der Waals surface area contributed by atoms with Crippen molar-refractivity contribution in [3.63, 3.8) is 0 Å². The molecule has 2 aromatic heterocycles. The van der Waals surface area contributed by atoms with Crippen molar-refractivity contribution in [3.8, 4) is 0 Å². The lowest BCUT2D eigenvalue weighted by atomic mass is 10.2. The van der Waals surface area contributed by atoms with Gasteiger partial charge in [-0.2, -0.15) is 5.10 Å². The Morgan fingerprint density at radius 1 is 1.12 bits per heavy atom. The summed E-state index contributed by atoms with van der Waals surface area (Å²) in [6.07, 6.45) is 1.56. The third-order valence-corrected chi connectivity index (χ3v) is 4.08. The Morgan fingerprint density at radius 2 is 1.92 bits per heavy atom. The fraction of sp³-hybridized carbons (Fsp3) is 0.0526. The van der Waals surface area contributed by atoms with Crippen molar-refractivity contribution in [2.24, 2.45) is 0 Å². The standard InChI is InChI=1S/C19H15FN4O/c20-15-7-3-1-6-14(15)12-24-16-8-4-2-5-13(16)11-17(24)19(25)22-18-9-10-21-23-18/h1-11H,12H2,(H2,21,22,23,25). The van der Waals surface area contributed by atoms with Gasteiger partial charge in [0.15, 0.2) is 0 Å². The second-order valence-corrected chi connectivity index (χ2v) is 5.69. The van der Waals surface area contributed by atoms with Gasteiger partial charge in [-0.25, -0.2) is 4.39 Å². The van der Waals surface area contributed by atoms with Crippen LogP contribution in [0.15, 0.2) is 66.9 Å². The summed E-state index contributed by atoms with van der Waals surface area (Å²) in [5.74, 6) is -0.0651. The van der Waals surface area contributed by atoms with E-state index in [1.54, 1.807) is 30.5 Å². The number of hydrogen-bond acceptors (Lipinski definition) is 2. The second-order valence-electron chi connectivity index (χ2n) is 5.69. The normalized spacial score (nSPS) is 10.9. The number of hydrogen-bond donors (Lipinski definition) is 2. The van der Waals surface area contributed by atoms with E-state index in [1.165, 1.54) is 6.07 Å². The summed E-state index contributed by atoms with van der Waals surface area (Å²) in [5, 5.41) is 10.2. The molecule has 0 aliphatic rings. The molecule has 0 bridgehead atoms. The van der Waals surface area contributed by atoms with Gasteiger partial charge in [0.25, 0.3) is 5.91 Å². The molecule has 2 heterocycles. The van der Waals surface area contributed by atoms with E-state index in [-0.39, 0.29) is 18.3 Å². The Bertz CT molecular complexity index is 1040. The molecule has 0 unspecified atom stereocenters. The lowest BCUT2D eigenvalue weighted by molar-refractivity contribution is 0.101. The fourth-order valence-electron chi connectivity index (χ4n) is 2.88. The predicted octanol–water partition coefficient (Wildman–Crippen LogP) is 3.80. The number of nitrogens with zero attached hydrogens (tertiary/aromatic N) is 2. The van der Waals surface area contributed by atoms with Crippen LogP contribution < -0.4 is 5.32 Å². The van der Waals surface area contributed by atoms with Crippen LogP contribution in [0.3, 0.4) is 0 Å². The molecule has 0 fully saturated rings. The molecule has 5 nitrogen and oxygen atoms in total. The largest absolute Gasteiger partial charge is 0.332 e. The molecular weight excluding hydrogens is 319 g/mol. The molecule has 0 radical (unpaired) electrons. The maximum Gasteiger partial charge on any atom is 0.273 e. The van der Waals surface area contributed by atoms with Gasteiger partial charge in [-0.15, -0.1) is 0 Å². The van der Waals surface area contributed by atoms with Crippen LogP contribution in [0.4, 0.5) is 10.2 Å². The van der Waals surface area contributed by atoms with Crippen LogP contribution in [-0.4, -0.2) is 20.7 Å². The molecule has 124 valence electrons. The molecule has 0 spiro atoms. The number of fused-ring (bicyclic) bond motifs is 1. The fourth-order valence-corrected chi connectivity index (χ4v) is 2.88. The van der Waals surface area contributed by atoms with Crippen LogP contribution in [0.1, 0.15) is 16.1 Å². The number of aromatic amines is 1. The molecule has 6 heteroatoms. The van der Waals surface area contributed by atoms with Crippen LogP contribution in [0.2, 0.25) is 0 Å². The van der Waals surface area contributed by atoms with Crippen molar-refractivity contribution in [1.29, 1.82) is 0 Å². The summed E-state index contributed by atoms with van der Waals surface area (Å²) in [6, 6.07) is 17.7. The van der Waals surface area contributed by atoms with Gasteiger partial charge in [0, 0.05) is 22.5 Å². The van der Waals surface area contributed by atoms with E-state index in [0.717, 1.165) is 10.9 Å². The van der Waals surface area contributed by atoms with E-state index in [9.17, 15) is 9.18 Å². The van der Waals surface area contributed by atoms with E-state index < -0.39 is 0 Å². The zero-order valence-electron chi connectivity index (χ0n) is 13.2. The molecule has 25 heavy (non-hydrogen) atoms. The lowest BCUT2D eigenvalue weighted by Crippen LogP contribution is -2.18. The first-order valence-electron chi connectivity index (χ1n) is 7.85. The number of para-hydroxylation sites is 1. The molecule has 1 amide bonds. The zero-order valence-corrected chi connectivity index (χ0v) is 13.2. The smallest absolute Gasteiger partial charge is 0.273 e. The molecule has 0 aliphatic carbocycles. The number of halogens is 1. The van der Waals surface area contributed by atoms with E-state index in [4.69, 9.17) is 0 Å². The summed E-state index contributed by atoms with van der Waals surface area (Å²) in [6.45, 7) is 0.270. The number of H-pyrrole nitrogens is 1. The minimum absolute atomic E-state index is 0.270. The summed E-state index contributed by atoms with van der Waals surface area (Å²) in [4.78, 5) is 12.7. The molecule has 4 aromatic rings. The third-order valence-electron chi connectivity index (χ3n) is 4.08. The Hall–Kier alpha value is -3.41. The van der Waals surface area contributed by atoms with Crippen LogP contribution >= 0.6 is 0 Å². The molecule has 0 atom stereocenters. The van der Waals surface area contributed by atoms with Crippen LogP contribution in [0.5, 0.6) is 0 Å². The predicted molar refractivity (Wildman–Crippen MR) is 94.0 cm³/mol. The highest BCUT2D eigenvalue weighted by atomic mass is 19.1. The quantitative estimate of drug-likeness (QED) is 0.596. The Kier molecular flexibility index (Phi) is 3.78. The molecule has 0 saturated heterocycles. The molecule has 2 N–H and O–H groups in total. The van der Waals surface area contributed by atoms with Gasteiger partial charge in [0.2, 0.25) is 0 Å². The number of anilines is 1. The van der Waals surface area contributed by atoms with Crippen LogP contribution in [0.25, 0.3) is 10.9 Å². The van der Waals surface area contributed by atoms with Crippen molar-refractivity contribution >= 4 is 22.6 Å². The van der Waals surface area contributed by atoms with Gasteiger partial charge >= 0.3 is 0 Å². The van der Waals surface area contributed by atoms with Gasteiger partial charge in [0.05, 0.1) is 12.7 Å². The number of benzene rings is 2. The maximum atomic E-state index is 14.1. The van der Waals surface area contributed by atoms with Gasteiger partial charge < -0.3 is 9.88 Å². The average Bonchev–Trinajstić information content (AvgIpc) is 3.25. The van der Waals surface area contributed by atoms with Crippen molar-refractivity contribution < 1.29 is 9.18 Å². The van der Waals surface area contributed by atoms with Gasteiger partial charge in [-0.05, 0) is 18.2 Å². The van der Waals surface area contributed by atoms with Crippen molar-refractivity contribution in [2.45, 2.75) is 6.54 Å². The van der Waals surface area contributed by atoms with E-state index >= 15 is 0 Å². The minimum Gasteiger partial charge on any atom is -0.332 e. The average molecular weight is 334 g/mol. The molecule has 2 aromatic carbocycles. The highest BCUT2D eigenvalue weighted by Gasteiger charge is 2.17. The lowest BCUT2D eigenvalue weighted by Gasteiger charge is -2.11. The maximum absolute atomic E-state index is 14.1. The van der Waals surface area contributed by atoms with Crippen molar-refractivity contribution in [1.82, 2.24) is 14.8 Å². The Balaban J connectivity index is 1.78. The number of nitrogens with one attached hydrogen (secondary N) is 2. The summed E-state index contributed by atoms with van der Waals surface area (Å²) in [7, 11) is 0. The molecule has 4 rings (SSSR count). The molecule has 0 aliphatic heterocycles. The Labute approximate surface area is 143 Å². The second kappa shape index (κ2) is 6.24. The van der Waals surface area contributed by atoms with E-state index in [0.29, 0.717) is 17.1 Å². The first-order valence-corrected chi connectivity index (χ1v) is 7.85. The minimum atomic E-state index is -0.291. The summed E-state index contributed by atoms with van der Waals surface area (Å²) in [5.41, 5.74) is 1.86. The Morgan fingerprint density at radius 3 is 2.72 bits per heavy atom. The SMILES string of the molecule is O=C(Nc1ccn[nH]1)c1cc2ccccc2n1Cc1ccccc1F. The number of aromatic nitrogens is 3. The third kappa shape index (κ3) is 2.89.